The normalized spacial score (nSPS) is 20.2. The van der Waals surface area contributed by atoms with Gasteiger partial charge in [-0.05, 0) is 77.4 Å². The first-order valence-electron chi connectivity index (χ1n) is 28.2. The Hall–Kier alpha value is -10.1. The largest absolute Gasteiger partial charge is 0.453 e. The highest BCUT2D eigenvalue weighted by atomic mass is 16.8. The van der Waals surface area contributed by atoms with Gasteiger partial charge in [-0.25, -0.2) is 24.0 Å². The first-order chi connectivity index (χ1) is 42.9. The summed E-state index contributed by atoms with van der Waals surface area (Å²) in [4.78, 5) is 97.8. The lowest BCUT2D eigenvalue weighted by molar-refractivity contribution is -0.214. The Morgan fingerprint density at radius 1 is 0.341 bits per heavy atom. The Morgan fingerprint density at radius 2 is 0.625 bits per heavy atom. The smallest absolute Gasteiger partial charge is 0.340 e. The summed E-state index contributed by atoms with van der Waals surface area (Å²) in [5.41, 5.74) is 1.05. The van der Waals surface area contributed by atoms with Crippen LogP contribution in [0.15, 0.2) is 243 Å². The molecule has 8 aromatic carbocycles. The third kappa shape index (κ3) is 14.6. The predicted molar refractivity (Wildman–Crippen MR) is 314 cm³/mol. The van der Waals surface area contributed by atoms with Crippen molar-refractivity contribution < 1.29 is 85.7 Å². The van der Waals surface area contributed by atoms with E-state index in [0.717, 1.165) is 13.8 Å². The second-order valence-electron chi connectivity index (χ2n) is 20.4. The molecule has 448 valence electrons. The third-order valence-corrected chi connectivity index (χ3v) is 14.5. The van der Waals surface area contributed by atoms with Crippen molar-refractivity contribution in [2.24, 2.45) is 0 Å². The van der Waals surface area contributed by atoms with Gasteiger partial charge in [-0.15, -0.1) is 0 Å². The fraction of sp³-hybridized carbons (Fsp3) is 0.214. The molecule has 8 aromatic rings. The van der Waals surface area contributed by atoms with Crippen LogP contribution in [0, 0.1) is 0 Å². The predicted octanol–water partition coefficient (Wildman–Crippen LogP) is 10.1. The summed E-state index contributed by atoms with van der Waals surface area (Å²) >= 11 is 0. The number of carbonyl (C=O) groups excluding carboxylic acids is 7. The molecule has 0 bridgehead atoms. The molecule has 10 rings (SSSR count). The van der Waals surface area contributed by atoms with Crippen LogP contribution in [-0.4, -0.2) is 116 Å². The van der Waals surface area contributed by atoms with E-state index < -0.39 is 122 Å². The molecule has 0 unspecified atom stereocenters. The van der Waals surface area contributed by atoms with Crippen LogP contribution in [0.25, 0.3) is 0 Å². The lowest BCUT2D eigenvalue weighted by atomic mass is 9.80. The van der Waals surface area contributed by atoms with Crippen molar-refractivity contribution in [3.63, 3.8) is 0 Å². The van der Waals surface area contributed by atoms with Crippen LogP contribution in [0.4, 0.5) is 0 Å². The molecule has 2 heterocycles. The maximum Gasteiger partial charge on any atom is 0.340 e. The minimum atomic E-state index is -1.81. The molecule has 0 aliphatic carbocycles. The second-order valence-corrected chi connectivity index (χ2v) is 20.4. The van der Waals surface area contributed by atoms with Crippen molar-refractivity contribution in [3.05, 3.63) is 287 Å². The Balaban J connectivity index is 1.07. The van der Waals surface area contributed by atoms with Crippen molar-refractivity contribution in [1.82, 2.24) is 0 Å². The summed E-state index contributed by atoms with van der Waals surface area (Å²) in [7, 11) is 0. The number of carbonyl (C=O) groups is 7. The van der Waals surface area contributed by atoms with Crippen molar-refractivity contribution in [2.75, 3.05) is 13.2 Å². The molecule has 18 nitrogen and oxygen atoms in total. The average Bonchev–Trinajstić information content (AvgIpc) is 4.19. The van der Waals surface area contributed by atoms with E-state index in [1.54, 1.807) is 103 Å². The third-order valence-electron chi connectivity index (χ3n) is 14.5. The van der Waals surface area contributed by atoms with E-state index in [0.29, 0.717) is 16.7 Å². The van der Waals surface area contributed by atoms with Gasteiger partial charge in [0.1, 0.15) is 17.8 Å². The van der Waals surface area contributed by atoms with Gasteiger partial charge in [0.15, 0.2) is 36.8 Å². The van der Waals surface area contributed by atoms with E-state index in [4.69, 9.17) is 52.1 Å². The topological polar surface area (TPSA) is 221 Å². The van der Waals surface area contributed by atoms with Crippen LogP contribution < -0.4 is 0 Å². The fourth-order valence-corrected chi connectivity index (χ4v) is 10.4. The summed E-state index contributed by atoms with van der Waals surface area (Å²) in [6, 6.07) is 67.7. The first kappa shape index (κ1) is 61.0. The van der Waals surface area contributed by atoms with Gasteiger partial charge in [0.2, 0.25) is 12.4 Å². The quantitative estimate of drug-likeness (QED) is 0.0330. The van der Waals surface area contributed by atoms with Crippen molar-refractivity contribution >= 4 is 41.8 Å². The van der Waals surface area contributed by atoms with E-state index >= 15 is 0 Å². The SMILES string of the molecule is CC(=O)O[C@H]1[C@H](OC(=O)c2ccccc2)O[C@@H]([C@H](CO[C@@H]2O[C@@H]([C@@H](COC(c3ccccc3)(c3ccccc3)c3ccccc3)OC(=O)c3ccccc3)[C@H](OC(=O)c3ccccc3)[C@H]2OC(C)=O)OC(=O)c2ccccc2)[C@@H]1OC(=O)c1ccccc1. The summed E-state index contributed by atoms with van der Waals surface area (Å²) in [6.07, 6.45) is -17.0. The van der Waals surface area contributed by atoms with Gasteiger partial charge in [-0.2, -0.15) is 0 Å². The molecule has 2 saturated heterocycles. The highest BCUT2D eigenvalue weighted by Gasteiger charge is 2.58. The molecule has 2 aliphatic rings. The van der Waals surface area contributed by atoms with Gasteiger partial charge in [0.25, 0.3) is 0 Å². The Kier molecular flexibility index (Phi) is 20.0. The van der Waals surface area contributed by atoms with Crippen LogP contribution in [0.2, 0.25) is 0 Å². The Labute approximate surface area is 506 Å². The van der Waals surface area contributed by atoms with Gasteiger partial charge in [-0.3, -0.25) is 9.59 Å². The number of esters is 7. The molecule has 0 N–H and O–H groups in total. The van der Waals surface area contributed by atoms with Crippen LogP contribution >= 0.6 is 0 Å². The summed E-state index contributed by atoms with van der Waals surface area (Å²) in [5, 5.41) is 0. The van der Waals surface area contributed by atoms with Crippen LogP contribution in [0.5, 0.6) is 0 Å². The zero-order chi connectivity index (χ0) is 61.4. The van der Waals surface area contributed by atoms with Crippen LogP contribution in [0.1, 0.15) is 82.3 Å². The molecule has 2 fully saturated rings. The van der Waals surface area contributed by atoms with E-state index in [1.807, 2.05) is 91.0 Å². The molecule has 0 radical (unpaired) electrons. The maximum absolute atomic E-state index is 14.6. The summed E-state index contributed by atoms with van der Waals surface area (Å²) in [6.45, 7) is 0.898. The van der Waals surface area contributed by atoms with E-state index in [9.17, 15) is 33.6 Å². The number of benzene rings is 8. The lowest BCUT2D eigenvalue weighted by Gasteiger charge is -2.38. The van der Waals surface area contributed by atoms with Gasteiger partial charge < -0.3 is 52.1 Å². The van der Waals surface area contributed by atoms with E-state index in [1.165, 1.54) is 48.5 Å². The fourth-order valence-electron chi connectivity index (χ4n) is 10.4. The molecule has 88 heavy (non-hydrogen) atoms. The lowest BCUT2D eigenvalue weighted by Crippen LogP contribution is -2.49. The number of hydrogen-bond acceptors (Lipinski definition) is 18. The molecular weight excluding hydrogens is 1130 g/mol. The molecule has 2 aliphatic heterocycles. The number of rotatable bonds is 23. The van der Waals surface area contributed by atoms with E-state index in [-0.39, 0.29) is 27.8 Å². The van der Waals surface area contributed by atoms with Crippen molar-refractivity contribution in [3.8, 4) is 0 Å². The Bertz CT molecular complexity index is 3520. The Morgan fingerprint density at radius 3 is 0.966 bits per heavy atom. The van der Waals surface area contributed by atoms with Crippen molar-refractivity contribution in [2.45, 2.75) is 80.9 Å². The molecule has 0 saturated carbocycles. The molecular formula is C70H60O18. The van der Waals surface area contributed by atoms with E-state index in [2.05, 4.69) is 0 Å². The summed E-state index contributed by atoms with van der Waals surface area (Å²) < 4.78 is 70.0. The highest BCUT2D eigenvalue weighted by molar-refractivity contribution is 5.92. The minimum absolute atomic E-state index is 0.0513. The summed E-state index contributed by atoms with van der Waals surface area (Å²) in [5.74, 6) is -6.32. The second kappa shape index (κ2) is 28.9. The minimum Gasteiger partial charge on any atom is -0.453 e. The average molecular weight is 1190 g/mol. The standard InChI is InChI=1S/C70H60O18/c1-45(71)80-61-59(84-65(75)49-31-15-5-16-32-49)58(56(83-64(74)48-29-13-4-14-30-48)44-79-70(52-37-21-8-22-38-52,53-39-23-9-24-40-53)54-41-25-10-26-42-54)86-68(61)78-43-55(82-63(73)47-27-11-3-12-28-47)57-60(85-66(76)50-33-17-6-18-34-50)62(81-46(2)72)69(87-57)88-67(77)51-35-19-7-20-36-51/h3-42,55-62,68-69H,43-44H2,1-2H3/t55-,56+,57-,58-,59-,60-,61+,62+,68+,69-/m0/s1. The molecule has 0 amide bonds. The molecule has 10 atom stereocenters. The first-order valence-corrected chi connectivity index (χ1v) is 28.2. The van der Waals surface area contributed by atoms with Gasteiger partial charge in [0.05, 0.1) is 41.0 Å². The highest BCUT2D eigenvalue weighted by Crippen LogP contribution is 2.42. The van der Waals surface area contributed by atoms with Gasteiger partial charge in [0, 0.05) is 13.8 Å². The van der Waals surface area contributed by atoms with Crippen LogP contribution in [-0.2, 0) is 67.3 Å². The van der Waals surface area contributed by atoms with Crippen LogP contribution in [0.3, 0.4) is 0 Å². The zero-order valence-corrected chi connectivity index (χ0v) is 47.6. The molecule has 0 spiro atoms. The van der Waals surface area contributed by atoms with Gasteiger partial charge >= 0.3 is 41.8 Å². The zero-order valence-electron chi connectivity index (χ0n) is 47.6. The molecule has 18 heteroatoms. The van der Waals surface area contributed by atoms with Crippen molar-refractivity contribution in [1.29, 1.82) is 0 Å². The maximum atomic E-state index is 14.6. The van der Waals surface area contributed by atoms with Gasteiger partial charge in [-0.1, -0.05) is 182 Å². The monoisotopic (exact) mass is 1190 g/mol. The number of ether oxygens (including phenoxy) is 11. The number of hydrogen-bond donors (Lipinski definition) is 0. The molecule has 0 aromatic heterocycles.